The number of pyridine rings is 1. The Morgan fingerprint density at radius 2 is 2.25 bits per heavy atom. The highest BCUT2D eigenvalue weighted by molar-refractivity contribution is 6.34. The van der Waals surface area contributed by atoms with Crippen LogP contribution in [0.2, 0.25) is 5.15 Å². The van der Waals surface area contributed by atoms with Gasteiger partial charge >= 0.3 is 0 Å². The van der Waals surface area contributed by atoms with Crippen LogP contribution in [-0.4, -0.2) is 14.8 Å². The molecule has 2 heterocycles. The Bertz CT molecular complexity index is 433. The van der Waals surface area contributed by atoms with Crippen LogP contribution in [0.1, 0.15) is 5.69 Å². The molecule has 3 nitrogen and oxygen atoms in total. The zero-order valence-electron chi connectivity index (χ0n) is 6.87. The molecule has 0 saturated heterocycles. The first-order chi connectivity index (χ1) is 5.66. The summed E-state index contributed by atoms with van der Waals surface area (Å²) in [5.41, 5.74) is 1.79. The molecule has 0 fully saturated rings. The number of hydrogen-bond donors (Lipinski definition) is 0. The molecular formula is C8H8ClN3. The Labute approximate surface area is 75.0 Å². The Morgan fingerprint density at radius 3 is 3.00 bits per heavy atom. The zero-order valence-corrected chi connectivity index (χ0v) is 7.63. The molecule has 4 heteroatoms. The van der Waals surface area contributed by atoms with E-state index in [0.717, 1.165) is 16.6 Å². The van der Waals surface area contributed by atoms with Crippen molar-refractivity contribution in [1.29, 1.82) is 0 Å². The standard InChI is InChI=1S/C8H8ClN3/c1-5-3-7-6(8(9)10-5)4-12(2)11-7/h3-4H,1-2H3. The van der Waals surface area contributed by atoms with Gasteiger partial charge in [0.1, 0.15) is 5.15 Å². The van der Waals surface area contributed by atoms with E-state index in [4.69, 9.17) is 11.6 Å². The lowest BCUT2D eigenvalue weighted by atomic mass is 10.3. The monoisotopic (exact) mass is 181 g/mol. The maximum atomic E-state index is 5.91. The number of fused-ring (bicyclic) bond motifs is 1. The summed E-state index contributed by atoms with van der Waals surface area (Å²) in [4.78, 5) is 4.13. The molecule has 0 N–H and O–H groups in total. The minimum atomic E-state index is 0.526. The summed E-state index contributed by atoms with van der Waals surface area (Å²) in [6.07, 6.45) is 1.87. The van der Waals surface area contributed by atoms with Gasteiger partial charge in [0.25, 0.3) is 0 Å². The van der Waals surface area contributed by atoms with E-state index in [-0.39, 0.29) is 0 Å². The summed E-state index contributed by atoms with van der Waals surface area (Å²) in [6, 6.07) is 1.92. The number of rotatable bonds is 0. The summed E-state index contributed by atoms with van der Waals surface area (Å²) >= 11 is 5.91. The van der Waals surface area contributed by atoms with Crippen LogP contribution in [0.15, 0.2) is 12.3 Å². The fourth-order valence-electron chi connectivity index (χ4n) is 1.22. The average Bonchev–Trinajstić information content (AvgIpc) is 2.29. The molecule has 0 aliphatic carbocycles. The predicted molar refractivity (Wildman–Crippen MR) is 48.3 cm³/mol. The molecule has 0 bridgehead atoms. The van der Waals surface area contributed by atoms with E-state index >= 15 is 0 Å². The fourth-order valence-corrected chi connectivity index (χ4v) is 1.50. The van der Waals surface area contributed by atoms with Gasteiger partial charge in [0.2, 0.25) is 0 Å². The molecular weight excluding hydrogens is 174 g/mol. The van der Waals surface area contributed by atoms with Crippen molar-refractivity contribution in [3.05, 3.63) is 23.1 Å². The SMILES string of the molecule is Cc1cc2nn(C)cc2c(Cl)n1. The number of aromatic nitrogens is 3. The van der Waals surface area contributed by atoms with Crippen molar-refractivity contribution in [2.24, 2.45) is 7.05 Å². The largest absolute Gasteiger partial charge is 0.274 e. The second-order valence-corrected chi connectivity index (χ2v) is 3.15. The molecule has 0 aromatic carbocycles. The molecule has 0 amide bonds. The van der Waals surface area contributed by atoms with E-state index in [1.165, 1.54) is 0 Å². The molecule has 0 spiro atoms. The van der Waals surface area contributed by atoms with Gasteiger partial charge in [-0.15, -0.1) is 0 Å². The van der Waals surface area contributed by atoms with E-state index in [1.807, 2.05) is 26.2 Å². The van der Waals surface area contributed by atoms with E-state index < -0.39 is 0 Å². The van der Waals surface area contributed by atoms with Crippen molar-refractivity contribution in [3.63, 3.8) is 0 Å². The van der Waals surface area contributed by atoms with Crippen molar-refractivity contribution < 1.29 is 0 Å². The third kappa shape index (κ3) is 1.06. The quantitative estimate of drug-likeness (QED) is 0.582. The zero-order chi connectivity index (χ0) is 8.72. The van der Waals surface area contributed by atoms with Crippen LogP contribution in [0.25, 0.3) is 10.9 Å². The number of halogens is 1. The Balaban J connectivity index is 2.88. The van der Waals surface area contributed by atoms with Crippen molar-refractivity contribution in [2.45, 2.75) is 6.92 Å². The van der Waals surface area contributed by atoms with Gasteiger partial charge < -0.3 is 0 Å². The van der Waals surface area contributed by atoms with Crippen molar-refractivity contribution in [3.8, 4) is 0 Å². The molecule has 0 unspecified atom stereocenters. The lowest BCUT2D eigenvalue weighted by molar-refractivity contribution is 0.779. The molecule has 0 aliphatic heterocycles. The first-order valence-electron chi connectivity index (χ1n) is 3.63. The Hall–Kier alpha value is -1.09. The van der Waals surface area contributed by atoms with Crippen LogP contribution in [0.3, 0.4) is 0 Å². The topological polar surface area (TPSA) is 30.7 Å². The van der Waals surface area contributed by atoms with Gasteiger partial charge in [0.05, 0.1) is 10.9 Å². The highest BCUT2D eigenvalue weighted by atomic mass is 35.5. The van der Waals surface area contributed by atoms with Crippen molar-refractivity contribution in [1.82, 2.24) is 14.8 Å². The second kappa shape index (κ2) is 2.45. The minimum Gasteiger partial charge on any atom is -0.274 e. The average molecular weight is 182 g/mol. The second-order valence-electron chi connectivity index (χ2n) is 2.79. The maximum Gasteiger partial charge on any atom is 0.140 e. The van der Waals surface area contributed by atoms with Crippen molar-refractivity contribution >= 4 is 22.5 Å². The third-order valence-corrected chi connectivity index (χ3v) is 1.99. The number of nitrogens with zero attached hydrogens (tertiary/aromatic N) is 3. The van der Waals surface area contributed by atoms with Crippen LogP contribution >= 0.6 is 11.6 Å². The van der Waals surface area contributed by atoms with Crippen LogP contribution in [0, 0.1) is 6.92 Å². The van der Waals surface area contributed by atoms with Gasteiger partial charge in [-0.05, 0) is 13.0 Å². The summed E-state index contributed by atoms with van der Waals surface area (Å²) in [5.74, 6) is 0. The van der Waals surface area contributed by atoms with Crippen LogP contribution in [-0.2, 0) is 7.05 Å². The molecule has 0 aliphatic rings. The van der Waals surface area contributed by atoms with Crippen LogP contribution in [0.4, 0.5) is 0 Å². The Kier molecular flexibility index (Phi) is 1.54. The smallest absolute Gasteiger partial charge is 0.140 e. The first-order valence-corrected chi connectivity index (χ1v) is 4.01. The molecule has 0 saturated carbocycles. The van der Waals surface area contributed by atoms with Gasteiger partial charge in [-0.25, -0.2) is 4.98 Å². The molecule has 2 aromatic rings. The fraction of sp³-hybridized carbons (Fsp3) is 0.250. The van der Waals surface area contributed by atoms with E-state index in [2.05, 4.69) is 10.1 Å². The minimum absolute atomic E-state index is 0.526. The third-order valence-electron chi connectivity index (χ3n) is 1.70. The predicted octanol–water partition coefficient (Wildman–Crippen LogP) is 1.93. The number of hydrogen-bond acceptors (Lipinski definition) is 2. The maximum absolute atomic E-state index is 5.91. The Morgan fingerprint density at radius 1 is 1.50 bits per heavy atom. The van der Waals surface area contributed by atoms with Gasteiger partial charge in [-0.3, -0.25) is 4.68 Å². The summed E-state index contributed by atoms with van der Waals surface area (Å²) in [5, 5.41) is 5.66. The summed E-state index contributed by atoms with van der Waals surface area (Å²) < 4.78 is 1.73. The van der Waals surface area contributed by atoms with Crippen LogP contribution in [0.5, 0.6) is 0 Å². The highest BCUT2D eigenvalue weighted by Gasteiger charge is 2.04. The molecule has 2 aromatic heterocycles. The van der Waals surface area contributed by atoms with Gasteiger partial charge in [-0.2, -0.15) is 5.10 Å². The molecule has 12 heavy (non-hydrogen) atoms. The lowest BCUT2D eigenvalue weighted by Gasteiger charge is -1.93. The van der Waals surface area contributed by atoms with E-state index in [1.54, 1.807) is 4.68 Å². The molecule has 2 rings (SSSR count). The summed E-state index contributed by atoms with van der Waals surface area (Å²) in [7, 11) is 1.87. The molecule has 0 atom stereocenters. The molecule has 62 valence electrons. The van der Waals surface area contributed by atoms with Gasteiger partial charge in [0.15, 0.2) is 0 Å². The van der Waals surface area contributed by atoms with E-state index in [9.17, 15) is 0 Å². The molecule has 0 radical (unpaired) electrons. The van der Waals surface area contributed by atoms with Gasteiger partial charge in [0, 0.05) is 18.9 Å². The van der Waals surface area contributed by atoms with E-state index in [0.29, 0.717) is 5.15 Å². The highest BCUT2D eigenvalue weighted by Crippen LogP contribution is 2.20. The summed E-state index contributed by atoms with van der Waals surface area (Å²) in [6.45, 7) is 1.90. The van der Waals surface area contributed by atoms with Crippen molar-refractivity contribution in [2.75, 3.05) is 0 Å². The lowest BCUT2D eigenvalue weighted by Crippen LogP contribution is -1.85. The number of aryl methyl sites for hydroxylation is 2. The first kappa shape index (κ1) is 7.55. The van der Waals surface area contributed by atoms with Crippen LogP contribution < -0.4 is 0 Å². The normalized spacial score (nSPS) is 10.9. The van der Waals surface area contributed by atoms with Gasteiger partial charge in [-0.1, -0.05) is 11.6 Å².